The summed E-state index contributed by atoms with van der Waals surface area (Å²) in [6.07, 6.45) is 7.38. The highest BCUT2D eigenvalue weighted by molar-refractivity contribution is 7.98. The van der Waals surface area contributed by atoms with Crippen LogP contribution < -0.4 is 5.32 Å². The number of hydrogen-bond donors (Lipinski definition) is 1. The molecule has 5 heteroatoms. The molecule has 0 radical (unpaired) electrons. The minimum Gasteiger partial charge on any atom is -0.310 e. The van der Waals surface area contributed by atoms with Crippen LogP contribution in [0, 0.1) is 23.2 Å². The predicted octanol–water partition coefficient (Wildman–Crippen LogP) is 4.77. The molecule has 27 heavy (non-hydrogen) atoms. The third-order valence-corrected chi connectivity index (χ3v) is 8.27. The minimum atomic E-state index is -0.126. The van der Waals surface area contributed by atoms with E-state index in [9.17, 15) is 4.79 Å². The summed E-state index contributed by atoms with van der Waals surface area (Å²) in [5.41, 5.74) is 3.25. The van der Waals surface area contributed by atoms with E-state index in [1.54, 1.807) is 0 Å². The second kappa shape index (κ2) is 5.87. The van der Waals surface area contributed by atoms with Gasteiger partial charge >= 0.3 is 0 Å². The molecule has 4 fully saturated rings. The summed E-state index contributed by atoms with van der Waals surface area (Å²) < 4.78 is 1.96. The summed E-state index contributed by atoms with van der Waals surface area (Å²) >= 11 is 1.89. The Morgan fingerprint density at radius 1 is 1.04 bits per heavy atom. The number of nitrogens with zero attached hydrogens (tertiary/aromatic N) is 2. The van der Waals surface area contributed by atoms with Gasteiger partial charge < -0.3 is 5.32 Å². The van der Waals surface area contributed by atoms with E-state index in [0.717, 1.165) is 65.7 Å². The van der Waals surface area contributed by atoms with Gasteiger partial charge in [0.25, 0.3) is 0 Å². The van der Waals surface area contributed by atoms with Gasteiger partial charge in [0.1, 0.15) is 5.82 Å². The summed E-state index contributed by atoms with van der Waals surface area (Å²) in [7, 11) is 0. The standard InChI is InChI=1S/C22H25N3OS/c26-21(22-9-14-6-15(10-22)8-16(7-14)11-22)23-20-18-12-27-13-19(18)24-25(20)17-4-2-1-3-5-17/h1-5,14-16H,6-13H2,(H,23,26). The largest absolute Gasteiger partial charge is 0.310 e. The molecule has 2 heterocycles. The molecular formula is C22H25N3OS. The van der Waals surface area contributed by atoms with E-state index in [1.807, 2.05) is 34.6 Å². The van der Waals surface area contributed by atoms with E-state index in [2.05, 4.69) is 17.4 Å². The molecule has 0 saturated heterocycles. The van der Waals surface area contributed by atoms with Gasteiger partial charge in [0.15, 0.2) is 0 Å². The zero-order chi connectivity index (χ0) is 18.0. The highest BCUT2D eigenvalue weighted by atomic mass is 32.2. The first kappa shape index (κ1) is 16.2. The Bertz CT molecular complexity index is 868. The maximum absolute atomic E-state index is 13.6. The first-order valence-corrected chi connectivity index (χ1v) is 11.4. The SMILES string of the molecule is O=C(Nc1c2c(nn1-c1ccccc1)CSC2)C12CC3CC(CC(C3)C1)C2. The smallest absolute Gasteiger partial charge is 0.231 e. The number of carbonyl (C=O) groups excluding carboxylic acids is 1. The number of para-hydroxylation sites is 1. The maximum atomic E-state index is 13.6. The molecule has 1 aromatic carbocycles. The quantitative estimate of drug-likeness (QED) is 0.835. The van der Waals surface area contributed by atoms with Crippen molar-refractivity contribution in [3.05, 3.63) is 41.6 Å². The molecule has 4 nitrogen and oxygen atoms in total. The summed E-state index contributed by atoms with van der Waals surface area (Å²) in [5, 5.41) is 8.24. The molecule has 5 aliphatic rings. The number of hydrogen-bond acceptors (Lipinski definition) is 3. The predicted molar refractivity (Wildman–Crippen MR) is 108 cm³/mol. The Hall–Kier alpha value is -1.75. The van der Waals surface area contributed by atoms with Crippen LogP contribution in [-0.4, -0.2) is 15.7 Å². The number of rotatable bonds is 3. The summed E-state index contributed by atoms with van der Waals surface area (Å²) in [4.78, 5) is 13.6. The molecule has 4 bridgehead atoms. The number of fused-ring (bicyclic) bond motifs is 1. The van der Waals surface area contributed by atoms with Gasteiger partial charge in [-0.05, 0) is 68.4 Å². The first-order chi connectivity index (χ1) is 13.2. The van der Waals surface area contributed by atoms with E-state index >= 15 is 0 Å². The minimum absolute atomic E-state index is 0.126. The number of nitrogens with one attached hydrogen (secondary N) is 1. The molecule has 1 aliphatic heterocycles. The number of amides is 1. The molecule has 1 amide bonds. The lowest BCUT2D eigenvalue weighted by molar-refractivity contribution is -0.140. The van der Waals surface area contributed by atoms with Crippen molar-refractivity contribution >= 4 is 23.5 Å². The lowest BCUT2D eigenvalue weighted by Gasteiger charge is -2.55. The highest BCUT2D eigenvalue weighted by Gasteiger charge is 2.54. The Kier molecular flexibility index (Phi) is 3.53. The number of carbonyl (C=O) groups is 1. The van der Waals surface area contributed by atoms with Crippen molar-refractivity contribution in [3.63, 3.8) is 0 Å². The fraction of sp³-hybridized carbons (Fsp3) is 0.545. The normalized spacial score (nSPS) is 33.3. The average molecular weight is 380 g/mol. The van der Waals surface area contributed by atoms with Gasteiger partial charge in [0.05, 0.1) is 16.8 Å². The molecule has 0 unspecified atom stereocenters. The molecule has 1 aromatic heterocycles. The zero-order valence-corrected chi connectivity index (χ0v) is 16.3. The second-order valence-electron chi connectivity index (χ2n) is 9.17. The fourth-order valence-electron chi connectivity index (χ4n) is 6.53. The maximum Gasteiger partial charge on any atom is 0.231 e. The highest BCUT2D eigenvalue weighted by Crippen LogP contribution is 2.60. The summed E-state index contributed by atoms with van der Waals surface area (Å²) in [5.74, 6) is 5.40. The second-order valence-corrected chi connectivity index (χ2v) is 10.2. The van der Waals surface area contributed by atoms with Gasteiger partial charge in [-0.15, -0.1) is 0 Å². The van der Waals surface area contributed by atoms with Crippen molar-refractivity contribution in [1.29, 1.82) is 0 Å². The van der Waals surface area contributed by atoms with Crippen molar-refractivity contribution in [1.82, 2.24) is 9.78 Å². The van der Waals surface area contributed by atoms with Crippen LogP contribution in [0.1, 0.15) is 49.8 Å². The molecule has 1 N–H and O–H groups in total. The van der Waals surface area contributed by atoms with Crippen LogP contribution in [0.15, 0.2) is 30.3 Å². The molecule has 140 valence electrons. The topological polar surface area (TPSA) is 46.9 Å². The Morgan fingerprint density at radius 3 is 2.37 bits per heavy atom. The van der Waals surface area contributed by atoms with Crippen molar-refractivity contribution < 1.29 is 4.79 Å². The lowest BCUT2D eigenvalue weighted by atomic mass is 9.49. The third kappa shape index (κ3) is 2.50. The van der Waals surface area contributed by atoms with Gasteiger partial charge in [0.2, 0.25) is 5.91 Å². The van der Waals surface area contributed by atoms with Crippen LogP contribution in [0.4, 0.5) is 5.82 Å². The van der Waals surface area contributed by atoms with Crippen LogP contribution >= 0.6 is 11.8 Å². The molecule has 2 aromatic rings. The third-order valence-electron chi connectivity index (χ3n) is 7.30. The Balaban J connectivity index is 1.36. The molecule has 7 rings (SSSR count). The van der Waals surface area contributed by atoms with Crippen LogP contribution in [0.25, 0.3) is 5.69 Å². The van der Waals surface area contributed by atoms with Crippen LogP contribution in [0.3, 0.4) is 0 Å². The van der Waals surface area contributed by atoms with Crippen LogP contribution in [0.2, 0.25) is 0 Å². The number of thioether (sulfide) groups is 1. The van der Waals surface area contributed by atoms with E-state index < -0.39 is 0 Å². The van der Waals surface area contributed by atoms with Crippen LogP contribution in [0.5, 0.6) is 0 Å². The monoisotopic (exact) mass is 379 g/mol. The van der Waals surface area contributed by atoms with Crippen molar-refractivity contribution in [2.24, 2.45) is 23.2 Å². The van der Waals surface area contributed by atoms with Crippen molar-refractivity contribution in [3.8, 4) is 5.69 Å². The van der Waals surface area contributed by atoms with Crippen molar-refractivity contribution in [2.75, 3.05) is 5.32 Å². The number of benzene rings is 1. The van der Waals surface area contributed by atoms with Gasteiger partial charge in [-0.2, -0.15) is 16.9 Å². The van der Waals surface area contributed by atoms with E-state index in [1.165, 1.54) is 24.8 Å². The zero-order valence-electron chi connectivity index (χ0n) is 15.5. The first-order valence-electron chi connectivity index (χ1n) is 10.3. The van der Waals surface area contributed by atoms with Gasteiger partial charge in [-0.1, -0.05) is 18.2 Å². The van der Waals surface area contributed by atoms with Crippen molar-refractivity contribution in [2.45, 2.75) is 50.0 Å². The van der Waals surface area contributed by atoms with E-state index in [4.69, 9.17) is 5.10 Å². The molecule has 4 aliphatic carbocycles. The lowest BCUT2D eigenvalue weighted by Crippen LogP contribution is -2.52. The molecular weight excluding hydrogens is 354 g/mol. The van der Waals surface area contributed by atoms with Crippen LogP contribution in [-0.2, 0) is 16.3 Å². The molecule has 4 saturated carbocycles. The number of anilines is 1. The Morgan fingerprint density at radius 2 is 1.70 bits per heavy atom. The molecule has 0 spiro atoms. The van der Waals surface area contributed by atoms with Gasteiger partial charge in [-0.25, -0.2) is 4.68 Å². The number of aromatic nitrogens is 2. The van der Waals surface area contributed by atoms with E-state index in [0.29, 0.717) is 0 Å². The Labute approximate surface area is 164 Å². The van der Waals surface area contributed by atoms with Gasteiger partial charge in [-0.3, -0.25) is 4.79 Å². The average Bonchev–Trinajstić information content (AvgIpc) is 3.24. The summed E-state index contributed by atoms with van der Waals surface area (Å²) in [6, 6.07) is 10.2. The fourth-order valence-corrected chi connectivity index (χ4v) is 7.56. The van der Waals surface area contributed by atoms with E-state index in [-0.39, 0.29) is 11.3 Å². The van der Waals surface area contributed by atoms with Gasteiger partial charge in [0, 0.05) is 17.1 Å². The summed E-state index contributed by atoms with van der Waals surface area (Å²) in [6.45, 7) is 0. The molecule has 0 atom stereocenters.